The first-order valence-corrected chi connectivity index (χ1v) is 7.27. The summed E-state index contributed by atoms with van der Waals surface area (Å²) >= 11 is 3.53. The van der Waals surface area contributed by atoms with Gasteiger partial charge in [-0.2, -0.15) is 0 Å². The molecule has 1 heterocycles. The summed E-state index contributed by atoms with van der Waals surface area (Å²) in [6, 6.07) is 15.0. The number of benzene rings is 2. The quantitative estimate of drug-likeness (QED) is 0.867. The lowest BCUT2D eigenvalue weighted by Gasteiger charge is -2.27. The summed E-state index contributed by atoms with van der Waals surface area (Å²) in [4.78, 5) is 0. The summed E-state index contributed by atoms with van der Waals surface area (Å²) in [5.41, 5.74) is 3.66. The molecule has 0 aliphatic carbocycles. The molecule has 0 bridgehead atoms. The van der Waals surface area contributed by atoms with E-state index in [9.17, 15) is 0 Å². The van der Waals surface area contributed by atoms with Crippen LogP contribution >= 0.6 is 15.9 Å². The third kappa shape index (κ3) is 2.76. The summed E-state index contributed by atoms with van der Waals surface area (Å²) in [5.74, 6) is 0.986. The Bertz CT molecular complexity index is 597. The molecular formula is C16H16BrNO. The van der Waals surface area contributed by atoms with Crippen LogP contribution in [0.3, 0.4) is 0 Å². The van der Waals surface area contributed by atoms with Crippen LogP contribution in [0.25, 0.3) is 0 Å². The highest BCUT2D eigenvalue weighted by atomic mass is 79.9. The lowest BCUT2D eigenvalue weighted by molar-refractivity contribution is 0.274. The number of halogens is 1. The maximum atomic E-state index is 5.71. The fourth-order valence-electron chi connectivity index (χ4n) is 2.45. The molecule has 1 aliphatic heterocycles. The Balaban J connectivity index is 1.89. The molecule has 1 unspecified atom stereocenters. The van der Waals surface area contributed by atoms with Crippen LogP contribution in [0.15, 0.2) is 46.9 Å². The van der Waals surface area contributed by atoms with E-state index in [0.29, 0.717) is 6.04 Å². The first-order chi connectivity index (χ1) is 9.22. The lowest BCUT2D eigenvalue weighted by atomic mass is 10.00. The Morgan fingerprint density at radius 2 is 2.11 bits per heavy atom. The fraction of sp³-hybridized carbons (Fsp3) is 0.250. The molecule has 1 atom stereocenters. The molecule has 98 valence electrons. The molecule has 2 aromatic carbocycles. The minimum atomic E-state index is 0.308. The standard InChI is InChI=1S/C16H16BrNO/c1-11-3-2-4-13(9-11)18-15-7-8-19-16-6-5-12(17)10-14(15)16/h2-6,9-10,15,18H,7-8H2,1H3. The normalized spacial score (nSPS) is 17.5. The van der Waals surface area contributed by atoms with Crippen molar-refractivity contribution in [1.29, 1.82) is 0 Å². The lowest BCUT2D eigenvalue weighted by Crippen LogP contribution is -2.20. The van der Waals surface area contributed by atoms with E-state index >= 15 is 0 Å². The molecule has 0 fully saturated rings. The minimum absolute atomic E-state index is 0.308. The third-order valence-electron chi connectivity index (χ3n) is 3.37. The van der Waals surface area contributed by atoms with Crippen molar-refractivity contribution in [2.45, 2.75) is 19.4 Å². The van der Waals surface area contributed by atoms with Gasteiger partial charge >= 0.3 is 0 Å². The predicted octanol–water partition coefficient (Wildman–Crippen LogP) is 4.69. The van der Waals surface area contributed by atoms with E-state index in [0.717, 1.165) is 28.9 Å². The number of rotatable bonds is 2. The molecule has 0 saturated carbocycles. The van der Waals surface area contributed by atoms with Crippen molar-refractivity contribution in [2.24, 2.45) is 0 Å². The molecule has 0 spiro atoms. The molecule has 0 aromatic heterocycles. The topological polar surface area (TPSA) is 21.3 Å². The monoisotopic (exact) mass is 317 g/mol. The second-order valence-electron chi connectivity index (χ2n) is 4.89. The second kappa shape index (κ2) is 5.25. The van der Waals surface area contributed by atoms with Gasteiger partial charge in [0.25, 0.3) is 0 Å². The summed E-state index contributed by atoms with van der Waals surface area (Å²) in [6.45, 7) is 2.87. The van der Waals surface area contributed by atoms with Crippen molar-refractivity contribution in [1.82, 2.24) is 0 Å². The molecule has 3 heteroatoms. The molecule has 19 heavy (non-hydrogen) atoms. The van der Waals surface area contributed by atoms with Crippen molar-refractivity contribution in [3.05, 3.63) is 58.1 Å². The maximum absolute atomic E-state index is 5.71. The largest absolute Gasteiger partial charge is 0.493 e. The second-order valence-corrected chi connectivity index (χ2v) is 5.80. The van der Waals surface area contributed by atoms with Crippen LogP contribution in [0.1, 0.15) is 23.6 Å². The first kappa shape index (κ1) is 12.5. The van der Waals surface area contributed by atoms with Crippen molar-refractivity contribution in [3.8, 4) is 5.75 Å². The van der Waals surface area contributed by atoms with Gasteiger partial charge in [-0.15, -0.1) is 0 Å². The van der Waals surface area contributed by atoms with Gasteiger partial charge in [0.05, 0.1) is 12.6 Å². The zero-order chi connectivity index (χ0) is 13.2. The molecule has 0 saturated heterocycles. The average molecular weight is 318 g/mol. The van der Waals surface area contributed by atoms with Gasteiger partial charge in [-0.3, -0.25) is 0 Å². The number of hydrogen-bond acceptors (Lipinski definition) is 2. The fourth-order valence-corrected chi connectivity index (χ4v) is 2.83. The van der Waals surface area contributed by atoms with Gasteiger partial charge in [0.1, 0.15) is 5.75 Å². The number of anilines is 1. The number of hydrogen-bond donors (Lipinski definition) is 1. The summed E-state index contributed by atoms with van der Waals surface area (Å²) in [7, 11) is 0. The van der Waals surface area contributed by atoms with Gasteiger partial charge in [-0.25, -0.2) is 0 Å². The van der Waals surface area contributed by atoms with Crippen LogP contribution in [0.5, 0.6) is 5.75 Å². The minimum Gasteiger partial charge on any atom is -0.493 e. The zero-order valence-electron chi connectivity index (χ0n) is 10.8. The molecule has 1 aliphatic rings. The van der Waals surface area contributed by atoms with E-state index in [4.69, 9.17) is 4.74 Å². The highest BCUT2D eigenvalue weighted by Crippen LogP contribution is 2.36. The molecule has 0 amide bonds. The zero-order valence-corrected chi connectivity index (χ0v) is 12.4. The highest BCUT2D eigenvalue weighted by Gasteiger charge is 2.21. The average Bonchev–Trinajstić information content (AvgIpc) is 2.39. The van der Waals surface area contributed by atoms with Crippen LogP contribution in [-0.2, 0) is 0 Å². The predicted molar refractivity (Wildman–Crippen MR) is 81.8 cm³/mol. The van der Waals surface area contributed by atoms with Crippen molar-refractivity contribution >= 4 is 21.6 Å². The number of nitrogens with one attached hydrogen (secondary N) is 1. The van der Waals surface area contributed by atoms with E-state index in [1.165, 1.54) is 11.1 Å². The van der Waals surface area contributed by atoms with Crippen LogP contribution in [0.4, 0.5) is 5.69 Å². The molecule has 2 aromatic rings. The summed E-state index contributed by atoms with van der Waals surface area (Å²) < 4.78 is 6.80. The van der Waals surface area contributed by atoms with Crippen LogP contribution in [0.2, 0.25) is 0 Å². The molecule has 1 N–H and O–H groups in total. The van der Waals surface area contributed by atoms with Crippen LogP contribution in [0, 0.1) is 6.92 Å². The summed E-state index contributed by atoms with van der Waals surface area (Å²) in [5, 5.41) is 3.60. The van der Waals surface area contributed by atoms with E-state index in [-0.39, 0.29) is 0 Å². The Morgan fingerprint density at radius 3 is 2.95 bits per heavy atom. The van der Waals surface area contributed by atoms with E-state index in [1.54, 1.807) is 0 Å². The van der Waals surface area contributed by atoms with E-state index < -0.39 is 0 Å². The van der Waals surface area contributed by atoms with Gasteiger partial charge < -0.3 is 10.1 Å². The maximum Gasteiger partial charge on any atom is 0.124 e. The highest BCUT2D eigenvalue weighted by molar-refractivity contribution is 9.10. The van der Waals surface area contributed by atoms with Crippen molar-refractivity contribution in [2.75, 3.05) is 11.9 Å². The van der Waals surface area contributed by atoms with Crippen molar-refractivity contribution < 1.29 is 4.74 Å². The molecule has 0 radical (unpaired) electrons. The third-order valence-corrected chi connectivity index (χ3v) is 3.86. The Hall–Kier alpha value is -1.48. The first-order valence-electron chi connectivity index (χ1n) is 6.48. The van der Waals surface area contributed by atoms with Gasteiger partial charge in [0, 0.05) is 22.1 Å². The van der Waals surface area contributed by atoms with Crippen molar-refractivity contribution in [3.63, 3.8) is 0 Å². The van der Waals surface area contributed by atoms with Crippen LogP contribution in [-0.4, -0.2) is 6.61 Å². The van der Waals surface area contributed by atoms with Gasteiger partial charge in [-0.05, 0) is 42.8 Å². The van der Waals surface area contributed by atoms with Gasteiger partial charge in [-0.1, -0.05) is 28.1 Å². The Labute approximate surface area is 121 Å². The number of fused-ring (bicyclic) bond motifs is 1. The number of aryl methyl sites for hydroxylation is 1. The van der Waals surface area contributed by atoms with Gasteiger partial charge in [0.15, 0.2) is 0 Å². The molecule has 3 rings (SSSR count). The summed E-state index contributed by atoms with van der Waals surface area (Å²) in [6.07, 6.45) is 0.984. The number of ether oxygens (including phenoxy) is 1. The molecular weight excluding hydrogens is 302 g/mol. The molecule has 2 nitrogen and oxygen atoms in total. The van der Waals surface area contributed by atoms with Crippen LogP contribution < -0.4 is 10.1 Å². The Kier molecular flexibility index (Phi) is 3.47. The van der Waals surface area contributed by atoms with E-state index in [2.05, 4.69) is 58.5 Å². The SMILES string of the molecule is Cc1cccc(NC2CCOc3ccc(Br)cc32)c1. The van der Waals surface area contributed by atoms with Gasteiger partial charge in [0.2, 0.25) is 0 Å². The van der Waals surface area contributed by atoms with E-state index in [1.807, 2.05) is 12.1 Å². The Morgan fingerprint density at radius 1 is 1.21 bits per heavy atom. The smallest absolute Gasteiger partial charge is 0.124 e.